The van der Waals surface area contributed by atoms with Crippen molar-refractivity contribution < 1.29 is 4.79 Å². The summed E-state index contributed by atoms with van der Waals surface area (Å²) in [5, 5.41) is 7.11. The maximum absolute atomic E-state index is 10.9. The molecule has 0 fully saturated rings. The molecule has 5 heteroatoms. The number of hydrogen-bond donors (Lipinski definition) is 4. The molecule has 1 aromatic carbocycles. The van der Waals surface area contributed by atoms with Crippen LogP contribution in [0.5, 0.6) is 0 Å². The van der Waals surface area contributed by atoms with Crippen LogP contribution in [0.4, 0.5) is 10.5 Å². The second kappa shape index (κ2) is 5.75. The summed E-state index contributed by atoms with van der Waals surface area (Å²) in [4.78, 5) is 14.1. The third-order valence-electron chi connectivity index (χ3n) is 2.98. The summed E-state index contributed by atoms with van der Waals surface area (Å²) in [5.41, 5.74) is 8.14. The largest absolute Gasteiger partial charge is 0.361 e. The fourth-order valence-corrected chi connectivity index (χ4v) is 2.10. The first-order valence-corrected chi connectivity index (χ1v) is 6.46. The predicted octanol–water partition coefficient (Wildman–Crippen LogP) is 2.20. The Bertz CT molecular complexity index is 574. The smallest absolute Gasteiger partial charge is 0.316 e. The van der Waals surface area contributed by atoms with Crippen molar-refractivity contribution in [2.24, 2.45) is 5.73 Å². The number of carbonyl (C=O) groups is 1. The highest BCUT2D eigenvalue weighted by molar-refractivity contribution is 5.93. The molecule has 0 aliphatic heterocycles. The molecule has 1 aromatic heterocycles. The molecule has 0 aliphatic carbocycles. The van der Waals surface area contributed by atoms with Crippen molar-refractivity contribution in [3.63, 3.8) is 0 Å². The van der Waals surface area contributed by atoms with Crippen LogP contribution in [0.2, 0.25) is 0 Å². The minimum Gasteiger partial charge on any atom is -0.361 e. The number of fused-ring (bicyclic) bond motifs is 1. The van der Waals surface area contributed by atoms with Gasteiger partial charge < -0.3 is 21.4 Å². The fourth-order valence-electron chi connectivity index (χ4n) is 2.10. The van der Waals surface area contributed by atoms with E-state index in [0.717, 1.165) is 29.6 Å². The van der Waals surface area contributed by atoms with Gasteiger partial charge in [-0.15, -0.1) is 0 Å². The molecule has 0 saturated heterocycles. The Labute approximate surface area is 112 Å². The van der Waals surface area contributed by atoms with E-state index in [1.807, 2.05) is 24.4 Å². The lowest BCUT2D eigenvalue weighted by Gasteiger charge is -2.07. The van der Waals surface area contributed by atoms with Crippen molar-refractivity contribution in [2.45, 2.75) is 26.3 Å². The van der Waals surface area contributed by atoms with Gasteiger partial charge in [0.2, 0.25) is 0 Å². The molecule has 1 heterocycles. The molecule has 0 saturated carbocycles. The third-order valence-corrected chi connectivity index (χ3v) is 2.98. The van der Waals surface area contributed by atoms with Crippen molar-refractivity contribution in [3.05, 3.63) is 30.0 Å². The predicted molar refractivity (Wildman–Crippen MR) is 78.3 cm³/mol. The highest BCUT2D eigenvalue weighted by Gasteiger charge is 2.05. The Balaban J connectivity index is 2.17. The molecule has 0 radical (unpaired) electrons. The molecule has 0 bridgehead atoms. The summed E-state index contributed by atoms with van der Waals surface area (Å²) in [7, 11) is 0. The number of aromatic nitrogens is 1. The third kappa shape index (κ3) is 3.48. The second-order valence-electron chi connectivity index (χ2n) is 4.92. The van der Waals surface area contributed by atoms with Crippen LogP contribution in [-0.4, -0.2) is 23.6 Å². The lowest BCUT2D eigenvalue weighted by Crippen LogP contribution is -2.24. The van der Waals surface area contributed by atoms with Crippen LogP contribution in [0, 0.1) is 0 Å². The van der Waals surface area contributed by atoms with Gasteiger partial charge in [-0.25, -0.2) is 4.79 Å². The van der Waals surface area contributed by atoms with E-state index in [4.69, 9.17) is 5.73 Å². The molecule has 19 heavy (non-hydrogen) atoms. The van der Waals surface area contributed by atoms with Crippen molar-refractivity contribution >= 4 is 22.6 Å². The summed E-state index contributed by atoms with van der Waals surface area (Å²) in [5.74, 6) is 0. The highest BCUT2D eigenvalue weighted by Crippen LogP contribution is 2.22. The van der Waals surface area contributed by atoms with Gasteiger partial charge in [0.25, 0.3) is 0 Å². The fraction of sp³-hybridized carbons (Fsp3) is 0.357. The van der Waals surface area contributed by atoms with Crippen molar-refractivity contribution in [1.29, 1.82) is 0 Å². The van der Waals surface area contributed by atoms with Gasteiger partial charge in [-0.3, -0.25) is 0 Å². The Morgan fingerprint density at radius 2 is 2.21 bits per heavy atom. The van der Waals surface area contributed by atoms with Crippen LogP contribution in [-0.2, 0) is 6.42 Å². The number of nitrogens with one attached hydrogen (secondary N) is 3. The minimum absolute atomic E-state index is 0.484. The maximum Gasteiger partial charge on any atom is 0.316 e. The maximum atomic E-state index is 10.9. The van der Waals surface area contributed by atoms with E-state index in [1.165, 1.54) is 5.56 Å². The van der Waals surface area contributed by atoms with E-state index in [9.17, 15) is 4.79 Å². The monoisotopic (exact) mass is 260 g/mol. The molecule has 0 unspecified atom stereocenters. The Morgan fingerprint density at radius 3 is 2.89 bits per heavy atom. The van der Waals surface area contributed by atoms with E-state index in [2.05, 4.69) is 29.5 Å². The number of carbonyl (C=O) groups excluding carboxylic acids is 1. The van der Waals surface area contributed by atoms with E-state index in [-0.39, 0.29) is 0 Å². The molecule has 5 N–H and O–H groups in total. The molecular formula is C14H20N4O. The summed E-state index contributed by atoms with van der Waals surface area (Å²) >= 11 is 0. The van der Waals surface area contributed by atoms with E-state index >= 15 is 0 Å². The van der Waals surface area contributed by atoms with Crippen molar-refractivity contribution in [1.82, 2.24) is 10.3 Å². The first-order chi connectivity index (χ1) is 9.06. The number of primary amides is 1. The summed E-state index contributed by atoms with van der Waals surface area (Å²) in [6, 6.07) is 5.66. The zero-order chi connectivity index (χ0) is 13.8. The molecule has 0 spiro atoms. The van der Waals surface area contributed by atoms with Crippen LogP contribution in [0.25, 0.3) is 10.9 Å². The van der Waals surface area contributed by atoms with Crippen molar-refractivity contribution in [3.8, 4) is 0 Å². The number of rotatable bonds is 5. The van der Waals surface area contributed by atoms with Gasteiger partial charge in [0.05, 0.1) is 0 Å². The van der Waals surface area contributed by atoms with Gasteiger partial charge in [0.1, 0.15) is 0 Å². The number of aromatic amines is 1. The number of anilines is 1. The number of hydrogen-bond acceptors (Lipinski definition) is 2. The van der Waals surface area contributed by atoms with Gasteiger partial charge in [0.15, 0.2) is 0 Å². The summed E-state index contributed by atoms with van der Waals surface area (Å²) < 4.78 is 0. The molecule has 102 valence electrons. The molecule has 0 atom stereocenters. The zero-order valence-electron chi connectivity index (χ0n) is 11.3. The number of H-pyrrole nitrogens is 1. The average molecular weight is 260 g/mol. The zero-order valence-corrected chi connectivity index (χ0v) is 11.3. The Morgan fingerprint density at radius 1 is 1.42 bits per heavy atom. The van der Waals surface area contributed by atoms with Crippen LogP contribution in [0.1, 0.15) is 19.4 Å². The van der Waals surface area contributed by atoms with E-state index in [1.54, 1.807) is 0 Å². The first kappa shape index (κ1) is 13.4. The lowest BCUT2D eigenvalue weighted by atomic mass is 10.1. The number of benzene rings is 1. The van der Waals surface area contributed by atoms with E-state index < -0.39 is 6.03 Å². The lowest BCUT2D eigenvalue weighted by molar-refractivity contribution is 0.259. The summed E-state index contributed by atoms with van der Waals surface area (Å²) in [6.07, 6.45) is 2.96. The number of urea groups is 1. The van der Waals surface area contributed by atoms with Crippen LogP contribution >= 0.6 is 0 Å². The molecule has 2 aromatic rings. The van der Waals surface area contributed by atoms with Crippen LogP contribution < -0.4 is 16.4 Å². The van der Waals surface area contributed by atoms with Crippen LogP contribution in [0.15, 0.2) is 24.4 Å². The number of amides is 2. The molecule has 2 rings (SSSR count). The normalized spacial score (nSPS) is 11.1. The summed E-state index contributed by atoms with van der Waals surface area (Å²) in [6.45, 7) is 5.19. The minimum atomic E-state index is -0.544. The highest BCUT2D eigenvalue weighted by atomic mass is 16.2. The second-order valence-corrected chi connectivity index (χ2v) is 4.92. The van der Waals surface area contributed by atoms with Gasteiger partial charge >= 0.3 is 6.03 Å². The number of nitrogens with two attached hydrogens (primary N) is 1. The average Bonchev–Trinajstić information content (AvgIpc) is 2.71. The van der Waals surface area contributed by atoms with Gasteiger partial charge in [0, 0.05) is 28.8 Å². The van der Waals surface area contributed by atoms with Crippen molar-refractivity contribution in [2.75, 3.05) is 11.9 Å². The molecular weight excluding hydrogens is 240 g/mol. The quantitative estimate of drug-likeness (QED) is 0.664. The molecule has 0 aliphatic rings. The van der Waals surface area contributed by atoms with E-state index in [0.29, 0.717) is 6.04 Å². The van der Waals surface area contributed by atoms with Gasteiger partial charge in [-0.05, 0) is 36.7 Å². The van der Waals surface area contributed by atoms with Gasteiger partial charge in [-0.2, -0.15) is 0 Å². The topological polar surface area (TPSA) is 82.9 Å². The Kier molecular flexibility index (Phi) is 4.06. The van der Waals surface area contributed by atoms with Gasteiger partial charge in [-0.1, -0.05) is 13.8 Å². The van der Waals surface area contributed by atoms with Crippen LogP contribution in [0.3, 0.4) is 0 Å². The standard InChI is InChI=1S/C14H20N4O/c1-9(2)16-6-5-10-8-17-13-4-3-11(7-12(10)13)18-14(15)19/h3-4,7-9,16-17H,5-6H2,1-2H3,(H3,15,18,19). The first-order valence-electron chi connectivity index (χ1n) is 6.46. The Hall–Kier alpha value is -2.01. The molecule has 5 nitrogen and oxygen atoms in total. The molecule has 2 amide bonds. The SMILES string of the molecule is CC(C)NCCc1c[nH]c2ccc(NC(N)=O)cc12.